The first-order valence-corrected chi connectivity index (χ1v) is 13.9. The van der Waals surface area contributed by atoms with E-state index in [1.54, 1.807) is 0 Å². The average molecular weight is 565 g/mol. The molecular formula is C35H41BF4O. The monoisotopic (exact) mass is 564 g/mol. The molecule has 0 amide bonds. The Kier molecular flexibility index (Phi) is 9.27. The maximum atomic E-state index is 9.75. The zero-order chi connectivity index (χ0) is 30.8. The molecule has 6 heteroatoms. The summed E-state index contributed by atoms with van der Waals surface area (Å²) in [7, 11) is -6.00. The van der Waals surface area contributed by atoms with Crippen molar-refractivity contribution in [1.29, 1.82) is 0 Å². The summed E-state index contributed by atoms with van der Waals surface area (Å²) < 4.78 is 45.5. The molecule has 1 nitrogen and oxygen atoms in total. The largest absolute Gasteiger partial charge is 0.673 e. The van der Waals surface area contributed by atoms with E-state index >= 15 is 0 Å². The van der Waals surface area contributed by atoms with Gasteiger partial charge in [0.05, 0.1) is 23.3 Å². The predicted molar refractivity (Wildman–Crippen MR) is 166 cm³/mol. The molecule has 0 atom stereocenters. The van der Waals surface area contributed by atoms with Crippen molar-refractivity contribution in [2.45, 2.75) is 78.6 Å². The molecule has 0 radical (unpaired) electrons. The lowest BCUT2D eigenvalue weighted by Crippen LogP contribution is -2.10. The first kappa shape index (κ1) is 32.1. The summed E-state index contributed by atoms with van der Waals surface area (Å²) in [4.78, 5) is 0. The number of halogens is 4. The third-order valence-corrected chi connectivity index (χ3v) is 6.95. The van der Waals surface area contributed by atoms with E-state index < -0.39 is 7.25 Å². The molecular weight excluding hydrogens is 523 g/mol. The van der Waals surface area contributed by atoms with Crippen LogP contribution in [0.5, 0.6) is 0 Å². The second-order valence-corrected chi connectivity index (χ2v) is 13.6. The van der Waals surface area contributed by atoms with Crippen molar-refractivity contribution in [2.75, 3.05) is 0 Å². The average Bonchev–Trinajstić information content (AvgIpc) is 2.86. The van der Waals surface area contributed by atoms with Crippen LogP contribution in [0.15, 0.2) is 89.3 Å². The fourth-order valence-electron chi connectivity index (χ4n) is 4.38. The SMILES string of the molecule is CC(C)(C)c1ccc(-c2cc(-c3ccc(C(C)(C)C)cc3)[o+]c(-c3ccc(C(C)(C)C)cc3)c2)cc1.F[B-](F)(F)F. The molecule has 0 unspecified atom stereocenters. The van der Waals surface area contributed by atoms with Crippen LogP contribution in [-0.4, -0.2) is 7.25 Å². The zero-order valence-electron chi connectivity index (χ0n) is 25.6. The van der Waals surface area contributed by atoms with Gasteiger partial charge in [0.2, 0.25) is 0 Å². The Morgan fingerprint density at radius 2 is 0.659 bits per heavy atom. The molecule has 0 fully saturated rings. The molecule has 1 heterocycles. The van der Waals surface area contributed by atoms with Gasteiger partial charge in [-0.2, -0.15) is 0 Å². The van der Waals surface area contributed by atoms with Crippen LogP contribution >= 0.6 is 0 Å². The molecule has 0 aliphatic heterocycles. The molecule has 0 bridgehead atoms. The van der Waals surface area contributed by atoms with E-state index in [0.717, 1.165) is 28.2 Å². The fraction of sp³-hybridized carbons (Fsp3) is 0.343. The summed E-state index contributed by atoms with van der Waals surface area (Å²) in [6.45, 7) is 20.2. The summed E-state index contributed by atoms with van der Waals surface area (Å²) in [5.74, 6) is 1.76. The minimum absolute atomic E-state index is 0.117. The van der Waals surface area contributed by atoms with Crippen LogP contribution in [0.4, 0.5) is 17.3 Å². The van der Waals surface area contributed by atoms with Gasteiger partial charge in [-0.15, -0.1) is 0 Å². The lowest BCUT2D eigenvalue weighted by Gasteiger charge is -2.19. The highest BCUT2D eigenvalue weighted by Crippen LogP contribution is 2.35. The highest BCUT2D eigenvalue weighted by molar-refractivity contribution is 6.50. The van der Waals surface area contributed by atoms with Crippen LogP contribution in [0.2, 0.25) is 0 Å². The summed E-state index contributed by atoms with van der Waals surface area (Å²) >= 11 is 0. The number of benzene rings is 3. The molecule has 1 aromatic heterocycles. The van der Waals surface area contributed by atoms with Crippen molar-refractivity contribution in [1.82, 2.24) is 0 Å². The second kappa shape index (κ2) is 11.8. The topological polar surface area (TPSA) is 11.3 Å². The summed E-state index contributed by atoms with van der Waals surface area (Å²) in [6.07, 6.45) is 0. The zero-order valence-corrected chi connectivity index (χ0v) is 25.6. The third-order valence-electron chi connectivity index (χ3n) is 6.95. The highest BCUT2D eigenvalue weighted by Gasteiger charge is 2.23. The standard InChI is InChI=1S/C35H41O.BF4/c1-33(2,3)28-16-10-24(11-17-28)27-22-31(25-12-18-29(19-13-25)34(4,5)6)36-32(23-27)26-14-20-30(21-15-26)35(7,8)9;2-1(3,4)5/h10-23H,1-9H3;/q+1;-1. The minimum atomic E-state index is -6.00. The number of rotatable bonds is 3. The lowest BCUT2D eigenvalue weighted by atomic mass is 9.86. The quantitative estimate of drug-likeness (QED) is 0.137. The molecule has 41 heavy (non-hydrogen) atoms. The van der Waals surface area contributed by atoms with Gasteiger partial charge in [0.15, 0.2) is 0 Å². The van der Waals surface area contributed by atoms with Gasteiger partial charge in [0, 0.05) is 5.56 Å². The van der Waals surface area contributed by atoms with Gasteiger partial charge >= 0.3 is 18.8 Å². The second-order valence-electron chi connectivity index (χ2n) is 13.6. The molecule has 4 aromatic rings. The minimum Gasteiger partial charge on any atom is -0.418 e. The van der Waals surface area contributed by atoms with Gasteiger partial charge in [0.1, 0.15) is 0 Å². The van der Waals surface area contributed by atoms with E-state index in [2.05, 4.69) is 147 Å². The maximum Gasteiger partial charge on any atom is 0.673 e. The van der Waals surface area contributed by atoms with Crippen molar-refractivity contribution in [3.63, 3.8) is 0 Å². The van der Waals surface area contributed by atoms with Gasteiger partial charge in [0.25, 0.3) is 0 Å². The smallest absolute Gasteiger partial charge is 0.418 e. The van der Waals surface area contributed by atoms with Crippen LogP contribution in [0.1, 0.15) is 79.0 Å². The molecule has 4 rings (SSSR count). The highest BCUT2D eigenvalue weighted by atomic mass is 19.5. The van der Waals surface area contributed by atoms with Crippen molar-refractivity contribution >= 4 is 7.25 Å². The van der Waals surface area contributed by atoms with Crippen LogP contribution in [-0.2, 0) is 16.2 Å². The van der Waals surface area contributed by atoms with E-state index in [1.807, 2.05) is 0 Å². The normalized spacial score (nSPS) is 12.5. The molecule has 0 saturated carbocycles. The summed E-state index contributed by atoms with van der Waals surface area (Å²) in [6, 6.07) is 30.9. The Hall–Kier alpha value is -3.41. The van der Waals surface area contributed by atoms with Crippen molar-refractivity contribution in [3.05, 3.63) is 102 Å². The number of hydrogen-bond donors (Lipinski definition) is 0. The predicted octanol–water partition coefficient (Wildman–Crippen LogP) is 11.8. The third kappa shape index (κ3) is 9.31. The van der Waals surface area contributed by atoms with Crippen LogP contribution in [0.3, 0.4) is 0 Å². The molecule has 0 aliphatic rings. The van der Waals surface area contributed by atoms with E-state index in [9.17, 15) is 17.3 Å². The maximum absolute atomic E-state index is 9.75. The van der Waals surface area contributed by atoms with Gasteiger partial charge in [-0.05, 0) is 62.8 Å². The van der Waals surface area contributed by atoms with E-state index in [1.165, 1.54) is 22.3 Å². The molecule has 0 aliphatic carbocycles. The first-order chi connectivity index (χ1) is 18.7. The van der Waals surface area contributed by atoms with E-state index in [0.29, 0.717) is 0 Å². The van der Waals surface area contributed by atoms with Gasteiger partial charge in [-0.3, -0.25) is 0 Å². The van der Waals surface area contributed by atoms with E-state index in [-0.39, 0.29) is 16.2 Å². The Morgan fingerprint density at radius 3 is 0.902 bits per heavy atom. The molecule has 218 valence electrons. The Bertz CT molecular complexity index is 1250. The summed E-state index contributed by atoms with van der Waals surface area (Å²) in [5.41, 5.74) is 8.86. The fourth-order valence-corrected chi connectivity index (χ4v) is 4.38. The van der Waals surface area contributed by atoms with Gasteiger partial charge in [-0.25, -0.2) is 4.42 Å². The Balaban J connectivity index is 0.000000850. The van der Waals surface area contributed by atoms with Crippen LogP contribution in [0, 0.1) is 0 Å². The van der Waals surface area contributed by atoms with E-state index in [4.69, 9.17) is 4.42 Å². The molecule has 0 spiro atoms. The van der Waals surface area contributed by atoms with Crippen LogP contribution in [0.25, 0.3) is 33.8 Å². The van der Waals surface area contributed by atoms with Gasteiger partial charge in [-0.1, -0.05) is 111 Å². The Morgan fingerprint density at radius 1 is 0.415 bits per heavy atom. The number of hydrogen-bond acceptors (Lipinski definition) is 0. The summed E-state index contributed by atoms with van der Waals surface area (Å²) in [5, 5.41) is 0. The molecule has 0 N–H and O–H groups in total. The van der Waals surface area contributed by atoms with Crippen molar-refractivity contribution in [2.24, 2.45) is 0 Å². The van der Waals surface area contributed by atoms with Crippen molar-refractivity contribution in [3.8, 4) is 33.8 Å². The molecule has 3 aromatic carbocycles. The molecule has 0 saturated heterocycles. The van der Waals surface area contributed by atoms with Gasteiger partial charge < -0.3 is 17.3 Å². The first-order valence-electron chi connectivity index (χ1n) is 13.9. The lowest BCUT2D eigenvalue weighted by molar-refractivity contribution is 0.368. The van der Waals surface area contributed by atoms with Crippen LogP contribution < -0.4 is 0 Å². The van der Waals surface area contributed by atoms with Crippen molar-refractivity contribution < 1.29 is 21.7 Å². The Labute approximate surface area is 242 Å².